The highest BCUT2D eigenvalue weighted by atomic mass is 16.7. The first-order valence-corrected chi connectivity index (χ1v) is 5.68. The van der Waals surface area contributed by atoms with E-state index in [1.165, 1.54) is 0 Å². The van der Waals surface area contributed by atoms with Crippen molar-refractivity contribution in [2.45, 2.75) is 38.4 Å². The van der Waals surface area contributed by atoms with Gasteiger partial charge in [-0.1, -0.05) is 0 Å². The largest absolute Gasteiger partial charge is 0.466 e. The Morgan fingerprint density at radius 3 is 2.87 bits per heavy atom. The van der Waals surface area contributed by atoms with Gasteiger partial charge in [-0.2, -0.15) is 0 Å². The zero-order valence-corrected chi connectivity index (χ0v) is 9.16. The Labute approximate surface area is 89.9 Å². The molecular formula is C11H18O4. The fourth-order valence-corrected chi connectivity index (χ4v) is 2.46. The Kier molecular flexibility index (Phi) is 3.26. The Balaban J connectivity index is 1.79. The Bertz CT molecular complexity index is 233. The first-order chi connectivity index (χ1) is 7.24. The van der Waals surface area contributed by atoms with Crippen LogP contribution in [0.1, 0.15) is 32.6 Å². The minimum absolute atomic E-state index is 0.0995. The molecule has 2 aliphatic rings. The van der Waals surface area contributed by atoms with E-state index in [9.17, 15) is 4.79 Å². The predicted molar refractivity (Wildman–Crippen MR) is 53.2 cm³/mol. The van der Waals surface area contributed by atoms with Crippen molar-refractivity contribution in [1.82, 2.24) is 0 Å². The molecule has 0 bridgehead atoms. The van der Waals surface area contributed by atoms with Crippen molar-refractivity contribution in [1.29, 1.82) is 0 Å². The maximum Gasteiger partial charge on any atom is 0.306 e. The van der Waals surface area contributed by atoms with Crippen LogP contribution in [0.25, 0.3) is 0 Å². The Hall–Kier alpha value is -0.610. The van der Waals surface area contributed by atoms with Gasteiger partial charge in [0.2, 0.25) is 0 Å². The lowest BCUT2D eigenvalue weighted by Gasteiger charge is -2.21. The highest BCUT2D eigenvalue weighted by molar-refractivity contribution is 5.69. The molecule has 0 aromatic heterocycles. The number of rotatable bonds is 3. The van der Waals surface area contributed by atoms with Gasteiger partial charge in [-0.05, 0) is 19.3 Å². The summed E-state index contributed by atoms with van der Waals surface area (Å²) in [5.41, 5.74) is 0. The quantitative estimate of drug-likeness (QED) is 0.667. The standard InChI is InChI=1S/C11H18O4/c1-2-13-10(12)7-9-3-4-11(8-9)14-5-6-15-11/h9H,2-8H2,1H3/t9-/m1/s1. The van der Waals surface area contributed by atoms with Gasteiger partial charge in [0.1, 0.15) is 0 Å². The number of hydrogen-bond donors (Lipinski definition) is 0. The second-order valence-electron chi connectivity index (χ2n) is 4.23. The van der Waals surface area contributed by atoms with Crippen molar-refractivity contribution >= 4 is 5.97 Å². The van der Waals surface area contributed by atoms with Crippen LogP contribution in [-0.2, 0) is 19.0 Å². The summed E-state index contributed by atoms with van der Waals surface area (Å²) in [5.74, 6) is -0.100. The molecule has 2 rings (SSSR count). The van der Waals surface area contributed by atoms with Gasteiger partial charge in [0.05, 0.1) is 19.8 Å². The monoisotopic (exact) mass is 214 g/mol. The zero-order valence-electron chi connectivity index (χ0n) is 9.16. The Morgan fingerprint density at radius 2 is 2.20 bits per heavy atom. The van der Waals surface area contributed by atoms with E-state index < -0.39 is 0 Å². The smallest absolute Gasteiger partial charge is 0.306 e. The molecule has 4 heteroatoms. The molecule has 1 saturated heterocycles. The summed E-state index contributed by atoms with van der Waals surface area (Å²) in [6.07, 6.45) is 3.25. The third kappa shape index (κ3) is 2.49. The van der Waals surface area contributed by atoms with Crippen LogP contribution < -0.4 is 0 Å². The summed E-state index contributed by atoms with van der Waals surface area (Å²) >= 11 is 0. The van der Waals surface area contributed by atoms with Crippen LogP contribution >= 0.6 is 0 Å². The average Bonchev–Trinajstić information content (AvgIpc) is 2.79. The molecule has 4 nitrogen and oxygen atoms in total. The number of esters is 1. The van der Waals surface area contributed by atoms with Gasteiger partial charge in [-0.15, -0.1) is 0 Å². The molecule has 15 heavy (non-hydrogen) atoms. The SMILES string of the molecule is CCOC(=O)C[C@H]1CCC2(C1)OCCO2. The van der Waals surface area contributed by atoms with Crippen LogP contribution in [0.5, 0.6) is 0 Å². The van der Waals surface area contributed by atoms with E-state index in [-0.39, 0.29) is 11.8 Å². The van der Waals surface area contributed by atoms with Crippen LogP contribution in [-0.4, -0.2) is 31.6 Å². The van der Waals surface area contributed by atoms with Crippen molar-refractivity contribution in [3.63, 3.8) is 0 Å². The highest BCUT2D eigenvalue weighted by Gasteiger charge is 2.44. The third-order valence-corrected chi connectivity index (χ3v) is 3.11. The topological polar surface area (TPSA) is 44.8 Å². The lowest BCUT2D eigenvalue weighted by molar-refractivity contribution is -0.154. The number of carbonyl (C=O) groups excluding carboxylic acids is 1. The van der Waals surface area contributed by atoms with Crippen LogP contribution in [0.3, 0.4) is 0 Å². The highest BCUT2D eigenvalue weighted by Crippen LogP contribution is 2.42. The van der Waals surface area contributed by atoms with E-state index >= 15 is 0 Å². The molecule has 1 saturated carbocycles. The first kappa shape index (κ1) is 10.9. The van der Waals surface area contributed by atoms with Gasteiger partial charge in [-0.25, -0.2) is 0 Å². The lowest BCUT2D eigenvalue weighted by atomic mass is 10.0. The molecule has 0 unspecified atom stereocenters. The van der Waals surface area contributed by atoms with E-state index in [2.05, 4.69) is 0 Å². The average molecular weight is 214 g/mol. The predicted octanol–water partition coefficient (Wildman–Crippen LogP) is 1.48. The van der Waals surface area contributed by atoms with E-state index in [4.69, 9.17) is 14.2 Å². The zero-order chi connectivity index (χ0) is 10.7. The molecule has 86 valence electrons. The molecule has 0 radical (unpaired) electrons. The normalized spacial score (nSPS) is 28.5. The van der Waals surface area contributed by atoms with Crippen LogP contribution in [0.15, 0.2) is 0 Å². The maximum atomic E-state index is 11.3. The van der Waals surface area contributed by atoms with Crippen molar-refractivity contribution in [3.05, 3.63) is 0 Å². The summed E-state index contributed by atoms with van der Waals surface area (Å²) in [6.45, 7) is 3.67. The molecule has 1 aliphatic carbocycles. The fraction of sp³-hybridized carbons (Fsp3) is 0.909. The second-order valence-corrected chi connectivity index (χ2v) is 4.23. The number of hydrogen-bond acceptors (Lipinski definition) is 4. The van der Waals surface area contributed by atoms with Crippen molar-refractivity contribution in [2.24, 2.45) is 5.92 Å². The van der Waals surface area contributed by atoms with E-state index in [0.717, 1.165) is 19.3 Å². The van der Waals surface area contributed by atoms with Gasteiger partial charge in [0, 0.05) is 19.3 Å². The molecule has 0 amide bonds. The summed E-state index contributed by atoms with van der Waals surface area (Å²) in [6, 6.07) is 0. The van der Waals surface area contributed by atoms with E-state index in [0.29, 0.717) is 32.2 Å². The molecule has 1 spiro atoms. The molecule has 0 aromatic rings. The van der Waals surface area contributed by atoms with Gasteiger partial charge < -0.3 is 14.2 Å². The summed E-state index contributed by atoms with van der Waals surface area (Å²) in [5, 5.41) is 0. The van der Waals surface area contributed by atoms with Crippen LogP contribution in [0, 0.1) is 5.92 Å². The van der Waals surface area contributed by atoms with Crippen LogP contribution in [0.4, 0.5) is 0 Å². The van der Waals surface area contributed by atoms with Crippen LogP contribution in [0.2, 0.25) is 0 Å². The van der Waals surface area contributed by atoms with E-state index in [1.54, 1.807) is 0 Å². The number of ether oxygens (including phenoxy) is 3. The maximum absolute atomic E-state index is 11.3. The first-order valence-electron chi connectivity index (χ1n) is 5.68. The van der Waals surface area contributed by atoms with Gasteiger partial charge >= 0.3 is 5.97 Å². The summed E-state index contributed by atoms with van der Waals surface area (Å²) in [4.78, 5) is 11.3. The molecule has 1 heterocycles. The molecular weight excluding hydrogens is 196 g/mol. The third-order valence-electron chi connectivity index (χ3n) is 3.11. The summed E-state index contributed by atoms with van der Waals surface area (Å²) in [7, 11) is 0. The Morgan fingerprint density at radius 1 is 1.47 bits per heavy atom. The molecule has 2 fully saturated rings. The summed E-state index contributed by atoms with van der Waals surface area (Å²) < 4.78 is 16.1. The minimum Gasteiger partial charge on any atom is -0.466 e. The lowest BCUT2D eigenvalue weighted by Crippen LogP contribution is -2.26. The van der Waals surface area contributed by atoms with Crippen molar-refractivity contribution < 1.29 is 19.0 Å². The molecule has 1 atom stereocenters. The molecule has 0 aromatic carbocycles. The minimum atomic E-state index is -0.364. The van der Waals surface area contributed by atoms with Gasteiger partial charge in [-0.3, -0.25) is 4.79 Å². The van der Waals surface area contributed by atoms with Crippen molar-refractivity contribution in [2.75, 3.05) is 19.8 Å². The number of carbonyl (C=O) groups is 1. The van der Waals surface area contributed by atoms with E-state index in [1.807, 2.05) is 6.92 Å². The molecule has 1 aliphatic heterocycles. The molecule has 0 N–H and O–H groups in total. The fourth-order valence-electron chi connectivity index (χ4n) is 2.46. The van der Waals surface area contributed by atoms with Crippen molar-refractivity contribution in [3.8, 4) is 0 Å². The van der Waals surface area contributed by atoms with Gasteiger partial charge in [0.15, 0.2) is 5.79 Å². The second kappa shape index (κ2) is 4.49. The van der Waals surface area contributed by atoms with Gasteiger partial charge in [0.25, 0.3) is 0 Å².